The summed E-state index contributed by atoms with van der Waals surface area (Å²) in [5.41, 5.74) is 2.61. The van der Waals surface area contributed by atoms with Crippen LogP contribution in [-0.2, 0) is 4.79 Å². The molecule has 2 aromatic carbocycles. The van der Waals surface area contributed by atoms with Gasteiger partial charge in [0.1, 0.15) is 5.01 Å². The number of para-hydroxylation sites is 1. The van der Waals surface area contributed by atoms with E-state index in [0.29, 0.717) is 10.9 Å². The highest BCUT2D eigenvalue weighted by Crippen LogP contribution is 2.36. The van der Waals surface area contributed by atoms with Gasteiger partial charge in [0.15, 0.2) is 16.6 Å². The molecule has 5 rings (SSSR count). The van der Waals surface area contributed by atoms with Gasteiger partial charge in [-0.3, -0.25) is 10.1 Å². The van der Waals surface area contributed by atoms with Crippen molar-refractivity contribution in [1.29, 1.82) is 0 Å². The fraction of sp³-hybridized carbons (Fsp3) is 0.0500. The number of rotatable bonds is 4. The van der Waals surface area contributed by atoms with Gasteiger partial charge >= 0.3 is 0 Å². The zero-order chi connectivity index (χ0) is 18.9. The first-order chi connectivity index (χ1) is 13.7. The molecule has 2 aromatic heterocycles. The van der Waals surface area contributed by atoms with Gasteiger partial charge in [0.05, 0.1) is 15.9 Å². The molecule has 138 valence electrons. The number of nitrogens with zero attached hydrogens (tertiary/aromatic N) is 2. The van der Waals surface area contributed by atoms with Crippen LogP contribution in [0.5, 0.6) is 11.5 Å². The van der Waals surface area contributed by atoms with Crippen molar-refractivity contribution < 1.29 is 14.3 Å². The van der Waals surface area contributed by atoms with E-state index in [1.165, 1.54) is 17.4 Å². The first-order valence-corrected chi connectivity index (χ1v) is 10.1. The third-order valence-electron chi connectivity index (χ3n) is 4.09. The summed E-state index contributed by atoms with van der Waals surface area (Å²) in [6.07, 6.45) is 3.19. The molecule has 0 saturated carbocycles. The second kappa shape index (κ2) is 7.06. The van der Waals surface area contributed by atoms with E-state index in [1.807, 2.05) is 47.8 Å². The minimum Gasteiger partial charge on any atom is -0.454 e. The number of anilines is 1. The lowest BCUT2D eigenvalue weighted by Gasteiger charge is -1.99. The number of hydrogen-bond acceptors (Lipinski definition) is 7. The third-order valence-corrected chi connectivity index (χ3v) is 5.85. The largest absolute Gasteiger partial charge is 0.454 e. The minimum atomic E-state index is -0.245. The molecular weight excluding hydrogens is 394 g/mol. The average molecular weight is 407 g/mol. The lowest BCUT2D eigenvalue weighted by Crippen LogP contribution is -2.07. The van der Waals surface area contributed by atoms with Crippen LogP contribution in [0, 0.1) is 0 Å². The number of amides is 1. The van der Waals surface area contributed by atoms with Crippen LogP contribution < -0.4 is 14.8 Å². The smallest absolute Gasteiger partial charge is 0.250 e. The Hall–Kier alpha value is -3.23. The third kappa shape index (κ3) is 3.35. The van der Waals surface area contributed by atoms with Gasteiger partial charge in [-0.15, -0.1) is 22.7 Å². The molecule has 4 aromatic rings. The zero-order valence-electron chi connectivity index (χ0n) is 14.4. The highest BCUT2D eigenvalue weighted by Gasteiger charge is 2.15. The van der Waals surface area contributed by atoms with Crippen LogP contribution in [0.25, 0.3) is 27.6 Å². The lowest BCUT2D eigenvalue weighted by molar-refractivity contribution is -0.111. The fourth-order valence-corrected chi connectivity index (χ4v) is 4.37. The van der Waals surface area contributed by atoms with Crippen LogP contribution in [-0.4, -0.2) is 22.7 Å². The Kier molecular flexibility index (Phi) is 4.27. The molecule has 8 heteroatoms. The van der Waals surface area contributed by atoms with Crippen molar-refractivity contribution in [1.82, 2.24) is 9.97 Å². The van der Waals surface area contributed by atoms with Crippen LogP contribution in [0.2, 0.25) is 0 Å². The van der Waals surface area contributed by atoms with E-state index < -0.39 is 0 Å². The van der Waals surface area contributed by atoms with Crippen molar-refractivity contribution in [3.63, 3.8) is 0 Å². The fourth-order valence-electron chi connectivity index (χ4n) is 2.77. The number of thiazole rings is 2. The Balaban J connectivity index is 1.28. The van der Waals surface area contributed by atoms with E-state index in [0.717, 1.165) is 32.2 Å². The standard InChI is InChI=1S/C20H13N3O3S2/c24-18(7-8-19-21-13-3-1-2-4-17(13)28-19)23-20-22-14(10-27-20)12-5-6-15-16(9-12)26-11-25-15/h1-10H,11H2,(H,22,23,24)/b8-7+. The second-order valence-electron chi connectivity index (χ2n) is 5.95. The molecule has 0 spiro atoms. The van der Waals surface area contributed by atoms with Gasteiger partial charge in [0, 0.05) is 17.0 Å². The molecule has 0 aliphatic carbocycles. The van der Waals surface area contributed by atoms with Crippen LogP contribution in [0.3, 0.4) is 0 Å². The zero-order valence-corrected chi connectivity index (χ0v) is 16.0. The van der Waals surface area contributed by atoms with Crippen LogP contribution in [0.15, 0.2) is 53.9 Å². The second-order valence-corrected chi connectivity index (χ2v) is 7.87. The predicted molar refractivity (Wildman–Crippen MR) is 111 cm³/mol. The highest BCUT2D eigenvalue weighted by atomic mass is 32.1. The molecule has 0 unspecified atom stereocenters. The van der Waals surface area contributed by atoms with Gasteiger partial charge in [0.25, 0.3) is 0 Å². The van der Waals surface area contributed by atoms with E-state index in [2.05, 4.69) is 15.3 Å². The summed E-state index contributed by atoms with van der Waals surface area (Å²) in [6.45, 7) is 0.234. The summed E-state index contributed by atoms with van der Waals surface area (Å²) in [6, 6.07) is 13.5. The van der Waals surface area contributed by atoms with Crippen LogP contribution >= 0.6 is 22.7 Å². The van der Waals surface area contributed by atoms with Crippen molar-refractivity contribution in [3.05, 3.63) is 58.9 Å². The summed E-state index contributed by atoms with van der Waals surface area (Å²) in [7, 11) is 0. The maximum atomic E-state index is 12.2. The first-order valence-electron chi connectivity index (χ1n) is 8.45. The van der Waals surface area contributed by atoms with Crippen molar-refractivity contribution in [2.75, 3.05) is 12.1 Å². The topological polar surface area (TPSA) is 73.3 Å². The number of carbonyl (C=O) groups is 1. The van der Waals surface area contributed by atoms with Crippen molar-refractivity contribution in [2.24, 2.45) is 0 Å². The van der Waals surface area contributed by atoms with E-state index in [9.17, 15) is 4.79 Å². The van der Waals surface area contributed by atoms with Gasteiger partial charge in [0.2, 0.25) is 12.7 Å². The molecule has 0 bridgehead atoms. The van der Waals surface area contributed by atoms with Crippen LogP contribution in [0.4, 0.5) is 5.13 Å². The molecule has 3 heterocycles. The maximum absolute atomic E-state index is 12.2. The Morgan fingerprint density at radius 3 is 2.93 bits per heavy atom. The number of benzene rings is 2. The monoisotopic (exact) mass is 407 g/mol. The Morgan fingerprint density at radius 1 is 1.11 bits per heavy atom. The molecule has 1 amide bonds. The SMILES string of the molecule is O=C(/C=C/c1nc2ccccc2s1)Nc1nc(-c2ccc3c(c2)OCO3)cs1. The quantitative estimate of drug-likeness (QED) is 0.492. The Bertz CT molecular complexity index is 1180. The Labute approximate surface area is 168 Å². The minimum absolute atomic E-state index is 0.234. The number of carbonyl (C=O) groups excluding carboxylic acids is 1. The number of ether oxygens (including phenoxy) is 2. The summed E-state index contributed by atoms with van der Waals surface area (Å²) in [5.74, 6) is 1.19. The molecule has 0 saturated heterocycles. The number of hydrogen-bond donors (Lipinski definition) is 1. The van der Waals surface area contributed by atoms with E-state index in [-0.39, 0.29) is 12.7 Å². The molecule has 6 nitrogen and oxygen atoms in total. The Morgan fingerprint density at radius 2 is 2.00 bits per heavy atom. The van der Waals surface area contributed by atoms with Gasteiger partial charge in [-0.2, -0.15) is 0 Å². The maximum Gasteiger partial charge on any atom is 0.250 e. The molecule has 0 fully saturated rings. The molecule has 0 atom stereocenters. The van der Waals surface area contributed by atoms with Crippen LogP contribution in [0.1, 0.15) is 5.01 Å². The van der Waals surface area contributed by atoms with Gasteiger partial charge in [-0.05, 0) is 36.4 Å². The average Bonchev–Trinajstić information content (AvgIpc) is 3.44. The van der Waals surface area contributed by atoms with Crippen molar-refractivity contribution >= 4 is 50.0 Å². The first kappa shape index (κ1) is 16.9. The molecular formula is C20H13N3O3S2. The highest BCUT2D eigenvalue weighted by molar-refractivity contribution is 7.19. The summed E-state index contributed by atoms with van der Waals surface area (Å²) in [5, 5.41) is 6.01. The summed E-state index contributed by atoms with van der Waals surface area (Å²) < 4.78 is 11.8. The van der Waals surface area contributed by atoms with Gasteiger partial charge < -0.3 is 9.47 Å². The van der Waals surface area contributed by atoms with E-state index in [1.54, 1.807) is 17.4 Å². The number of fused-ring (bicyclic) bond motifs is 2. The van der Waals surface area contributed by atoms with Crippen molar-refractivity contribution in [3.8, 4) is 22.8 Å². The summed E-state index contributed by atoms with van der Waals surface area (Å²) >= 11 is 2.91. The molecule has 1 N–H and O–H groups in total. The predicted octanol–water partition coefficient (Wildman–Crippen LogP) is 4.80. The lowest BCUT2D eigenvalue weighted by atomic mass is 10.1. The number of aromatic nitrogens is 2. The van der Waals surface area contributed by atoms with Crippen molar-refractivity contribution in [2.45, 2.75) is 0 Å². The van der Waals surface area contributed by atoms with Gasteiger partial charge in [-0.25, -0.2) is 9.97 Å². The van der Waals surface area contributed by atoms with Gasteiger partial charge in [-0.1, -0.05) is 12.1 Å². The molecule has 1 aliphatic heterocycles. The normalized spacial score (nSPS) is 12.7. The summed E-state index contributed by atoms with van der Waals surface area (Å²) in [4.78, 5) is 21.2. The number of nitrogens with one attached hydrogen (secondary N) is 1. The molecule has 0 radical (unpaired) electrons. The van der Waals surface area contributed by atoms with E-state index >= 15 is 0 Å². The molecule has 1 aliphatic rings. The molecule has 28 heavy (non-hydrogen) atoms. The van der Waals surface area contributed by atoms with E-state index in [4.69, 9.17) is 9.47 Å².